The monoisotopic (exact) mass is 261 g/mol. The van der Waals surface area contributed by atoms with Crippen LogP contribution in [0.3, 0.4) is 0 Å². The first-order chi connectivity index (χ1) is 9.08. The predicted octanol–water partition coefficient (Wildman–Crippen LogP) is 0.607. The van der Waals surface area contributed by atoms with Gasteiger partial charge < -0.3 is 10.2 Å². The first-order valence-electron chi connectivity index (χ1n) is 6.56. The van der Waals surface area contributed by atoms with Gasteiger partial charge in [0.2, 0.25) is 11.8 Å². The summed E-state index contributed by atoms with van der Waals surface area (Å²) in [6.45, 7) is 4.55. The van der Waals surface area contributed by atoms with E-state index in [4.69, 9.17) is 0 Å². The Balaban J connectivity index is 1.99. The van der Waals surface area contributed by atoms with Gasteiger partial charge in [-0.15, -0.1) is 0 Å². The average molecular weight is 261 g/mol. The van der Waals surface area contributed by atoms with Gasteiger partial charge in [-0.05, 0) is 18.1 Å². The molecule has 5 nitrogen and oxygen atoms in total. The van der Waals surface area contributed by atoms with Crippen LogP contribution in [0.1, 0.15) is 19.5 Å². The largest absolute Gasteiger partial charge is 0.343 e. The number of aromatic nitrogens is 1. The minimum absolute atomic E-state index is 0.00512. The van der Waals surface area contributed by atoms with Crippen molar-refractivity contribution in [3.8, 4) is 0 Å². The second-order valence-corrected chi connectivity index (χ2v) is 5.12. The van der Waals surface area contributed by atoms with E-state index in [0.717, 1.165) is 5.69 Å². The quantitative estimate of drug-likeness (QED) is 0.863. The average Bonchev–Trinajstić information content (AvgIpc) is 2.40. The molecule has 5 heteroatoms. The molecule has 1 atom stereocenters. The van der Waals surface area contributed by atoms with E-state index in [1.165, 1.54) is 0 Å². The van der Waals surface area contributed by atoms with Gasteiger partial charge in [0.05, 0.1) is 6.54 Å². The Kier molecular flexibility index (Phi) is 4.14. The van der Waals surface area contributed by atoms with Crippen LogP contribution in [-0.4, -0.2) is 40.8 Å². The summed E-state index contributed by atoms with van der Waals surface area (Å²) in [5.74, 6) is 0.0268. The maximum Gasteiger partial charge on any atom is 0.245 e. The third kappa shape index (κ3) is 3.30. The summed E-state index contributed by atoms with van der Waals surface area (Å²) in [5, 5.41) is 2.75. The normalized spacial score (nSPS) is 19.7. The molecule has 1 N–H and O–H groups in total. The second kappa shape index (κ2) is 5.82. The topological polar surface area (TPSA) is 62.3 Å². The smallest absolute Gasteiger partial charge is 0.245 e. The number of pyridine rings is 1. The molecule has 1 fully saturated rings. The van der Waals surface area contributed by atoms with Crippen LogP contribution < -0.4 is 5.32 Å². The first-order valence-corrected chi connectivity index (χ1v) is 6.56. The number of carbonyl (C=O) groups excluding carboxylic acids is 2. The SMILES string of the molecule is CC(C)C1NC(=O)CN(CCc2ccccn2)C1=O. The molecule has 1 unspecified atom stereocenters. The molecule has 2 rings (SSSR count). The molecule has 1 aliphatic heterocycles. The number of amides is 2. The maximum atomic E-state index is 12.2. The molecular weight excluding hydrogens is 242 g/mol. The zero-order valence-corrected chi connectivity index (χ0v) is 11.3. The van der Waals surface area contributed by atoms with Crippen LogP contribution >= 0.6 is 0 Å². The van der Waals surface area contributed by atoms with Crippen molar-refractivity contribution in [2.45, 2.75) is 26.3 Å². The Morgan fingerprint density at radius 1 is 1.42 bits per heavy atom. The van der Waals surface area contributed by atoms with Crippen LogP contribution in [0.5, 0.6) is 0 Å². The molecule has 1 aromatic heterocycles. The van der Waals surface area contributed by atoms with E-state index in [-0.39, 0.29) is 24.3 Å². The fraction of sp³-hybridized carbons (Fsp3) is 0.500. The molecular formula is C14H19N3O2. The summed E-state index contributed by atoms with van der Waals surface area (Å²) in [7, 11) is 0. The molecule has 19 heavy (non-hydrogen) atoms. The Morgan fingerprint density at radius 3 is 2.84 bits per heavy atom. The lowest BCUT2D eigenvalue weighted by Gasteiger charge is -2.34. The van der Waals surface area contributed by atoms with Crippen molar-refractivity contribution in [1.29, 1.82) is 0 Å². The highest BCUT2D eigenvalue weighted by Gasteiger charge is 2.34. The van der Waals surface area contributed by atoms with Crippen molar-refractivity contribution in [3.05, 3.63) is 30.1 Å². The molecule has 2 amide bonds. The summed E-state index contributed by atoms with van der Waals surface area (Å²) in [6, 6.07) is 5.31. The minimum atomic E-state index is -0.398. The number of carbonyl (C=O) groups is 2. The number of rotatable bonds is 4. The first kappa shape index (κ1) is 13.5. The van der Waals surface area contributed by atoms with Crippen molar-refractivity contribution in [2.75, 3.05) is 13.1 Å². The molecule has 102 valence electrons. The van der Waals surface area contributed by atoms with Crippen molar-refractivity contribution in [3.63, 3.8) is 0 Å². The molecule has 0 saturated carbocycles. The molecule has 0 radical (unpaired) electrons. The van der Waals surface area contributed by atoms with Crippen LogP contribution in [0.15, 0.2) is 24.4 Å². The zero-order chi connectivity index (χ0) is 13.8. The standard InChI is InChI=1S/C14H19N3O2/c1-10(2)13-14(19)17(9-12(18)16-13)8-6-11-5-3-4-7-15-11/h3-5,7,10,13H,6,8-9H2,1-2H3,(H,16,18). The van der Waals surface area contributed by atoms with Crippen LogP contribution in [-0.2, 0) is 16.0 Å². The number of nitrogens with one attached hydrogen (secondary N) is 1. The van der Waals surface area contributed by atoms with Gasteiger partial charge in [-0.3, -0.25) is 14.6 Å². The van der Waals surface area contributed by atoms with Gasteiger partial charge in [0, 0.05) is 24.9 Å². The molecule has 1 aromatic rings. The predicted molar refractivity (Wildman–Crippen MR) is 71.3 cm³/mol. The third-order valence-corrected chi connectivity index (χ3v) is 3.26. The van der Waals surface area contributed by atoms with Crippen molar-refractivity contribution in [2.24, 2.45) is 5.92 Å². The lowest BCUT2D eigenvalue weighted by molar-refractivity contribution is -0.145. The Morgan fingerprint density at radius 2 is 2.21 bits per heavy atom. The summed E-state index contributed by atoms with van der Waals surface area (Å²) in [6.07, 6.45) is 2.40. The van der Waals surface area contributed by atoms with Gasteiger partial charge in [-0.1, -0.05) is 19.9 Å². The number of nitrogens with zero attached hydrogens (tertiary/aromatic N) is 2. The fourth-order valence-electron chi connectivity index (χ4n) is 2.17. The van der Waals surface area contributed by atoms with Gasteiger partial charge >= 0.3 is 0 Å². The van der Waals surface area contributed by atoms with Crippen LogP contribution in [0.4, 0.5) is 0 Å². The molecule has 0 aromatic carbocycles. The number of hydrogen-bond acceptors (Lipinski definition) is 3. The van der Waals surface area contributed by atoms with Crippen molar-refractivity contribution < 1.29 is 9.59 Å². The number of piperazine rings is 1. The highest BCUT2D eigenvalue weighted by atomic mass is 16.2. The summed E-state index contributed by atoms with van der Waals surface area (Å²) in [5.41, 5.74) is 0.933. The molecule has 1 aliphatic rings. The van der Waals surface area contributed by atoms with E-state index in [0.29, 0.717) is 13.0 Å². The molecule has 1 saturated heterocycles. The lowest BCUT2D eigenvalue weighted by atomic mass is 10.0. The molecule has 0 bridgehead atoms. The van der Waals surface area contributed by atoms with E-state index in [1.807, 2.05) is 32.0 Å². The third-order valence-electron chi connectivity index (χ3n) is 3.26. The van der Waals surface area contributed by atoms with Gasteiger partial charge in [0.15, 0.2) is 0 Å². The van der Waals surface area contributed by atoms with Gasteiger partial charge in [-0.2, -0.15) is 0 Å². The van der Waals surface area contributed by atoms with E-state index >= 15 is 0 Å². The molecule has 0 spiro atoms. The summed E-state index contributed by atoms with van der Waals surface area (Å²) >= 11 is 0. The summed E-state index contributed by atoms with van der Waals surface area (Å²) in [4.78, 5) is 29.7. The Labute approximate surface area is 113 Å². The molecule has 2 heterocycles. The van der Waals surface area contributed by atoms with Crippen molar-refractivity contribution >= 4 is 11.8 Å². The van der Waals surface area contributed by atoms with Gasteiger partial charge in [0.25, 0.3) is 0 Å². The highest BCUT2D eigenvalue weighted by molar-refractivity contribution is 5.94. The Hall–Kier alpha value is -1.91. The number of hydrogen-bond donors (Lipinski definition) is 1. The second-order valence-electron chi connectivity index (χ2n) is 5.12. The van der Waals surface area contributed by atoms with Crippen LogP contribution in [0.2, 0.25) is 0 Å². The van der Waals surface area contributed by atoms with Crippen LogP contribution in [0, 0.1) is 5.92 Å². The van der Waals surface area contributed by atoms with E-state index in [1.54, 1.807) is 11.1 Å². The maximum absolute atomic E-state index is 12.2. The molecule has 0 aliphatic carbocycles. The van der Waals surface area contributed by atoms with E-state index < -0.39 is 6.04 Å². The lowest BCUT2D eigenvalue weighted by Crippen LogP contribution is -2.60. The van der Waals surface area contributed by atoms with Crippen LogP contribution in [0.25, 0.3) is 0 Å². The zero-order valence-electron chi connectivity index (χ0n) is 11.3. The van der Waals surface area contributed by atoms with Gasteiger partial charge in [0.1, 0.15) is 6.04 Å². The van der Waals surface area contributed by atoms with E-state index in [9.17, 15) is 9.59 Å². The highest BCUT2D eigenvalue weighted by Crippen LogP contribution is 2.11. The minimum Gasteiger partial charge on any atom is -0.343 e. The summed E-state index contributed by atoms with van der Waals surface area (Å²) < 4.78 is 0. The van der Waals surface area contributed by atoms with E-state index in [2.05, 4.69) is 10.3 Å². The fourth-order valence-corrected chi connectivity index (χ4v) is 2.17. The van der Waals surface area contributed by atoms with Crippen molar-refractivity contribution in [1.82, 2.24) is 15.2 Å². The Bertz CT molecular complexity index is 459. The van der Waals surface area contributed by atoms with Gasteiger partial charge in [-0.25, -0.2) is 0 Å².